The maximum atomic E-state index is 13.2. The van der Waals surface area contributed by atoms with Gasteiger partial charge >= 0.3 is 0 Å². The van der Waals surface area contributed by atoms with E-state index in [4.69, 9.17) is 0 Å². The summed E-state index contributed by atoms with van der Waals surface area (Å²) in [4.78, 5) is 30.9. The Morgan fingerprint density at radius 2 is 2.04 bits per heavy atom. The number of aryl methyl sites for hydroxylation is 1. The van der Waals surface area contributed by atoms with Gasteiger partial charge in [0.15, 0.2) is 0 Å². The fourth-order valence-corrected chi connectivity index (χ4v) is 5.05. The van der Waals surface area contributed by atoms with Crippen molar-refractivity contribution in [2.75, 3.05) is 18.0 Å². The molecule has 2 aromatic rings. The topological polar surface area (TPSA) is 40.6 Å². The number of benzene rings is 1. The number of hydrogen-bond donors (Lipinski definition) is 0. The molecular formula is C21H24N2O2S. The lowest BCUT2D eigenvalue weighted by Crippen LogP contribution is -2.37. The second-order valence-electron chi connectivity index (χ2n) is 7.33. The lowest BCUT2D eigenvalue weighted by molar-refractivity contribution is -0.136. The van der Waals surface area contributed by atoms with Crippen molar-refractivity contribution in [2.45, 2.75) is 39.2 Å². The molecule has 2 unspecified atom stereocenters. The SMILES string of the molecule is Cc1cccc(N2CC(C(=O)N3CCCC3c3cccs3)CC2=O)c1C. The molecule has 2 atom stereocenters. The lowest BCUT2D eigenvalue weighted by atomic mass is 10.1. The first kappa shape index (κ1) is 17.3. The highest BCUT2D eigenvalue weighted by atomic mass is 32.1. The third-order valence-corrected chi connectivity index (χ3v) is 6.72. The summed E-state index contributed by atoms with van der Waals surface area (Å²) < 4.78 is 0. The number of anilines is 1. The zero-order valence-electron chi connectivity index (χ0n) is 15.3. The number of thiophene rings is 1. The predicted molar refractivity (Wildman–Crippen MR) is 104 cm³/mol. The average molecular weight is 369 g/mol. The standard InChI is InChI=1S/C21H24N2O2S/c1-14-6-3-7-17(15(14)2)23-13-16(12-20(23)24)21(25)22-10-4-8-18(22)19-9-5-11-26-19/h3,5-7,9,11,16,18H,4,8,10,12-13H2,1-2H3. The molecule has 0 aliphatic carbocycles. The van der Waals surface area contributed by atoms with E-state index in [1.165, 1.54) is 10.4 Å². The number of likely N-dealkylation sites (tertiary alicyclic amines) is 1. The summed E-state index contributed by atoms with van der Waals surface area (Å²) in [6.07, 6.45) is 2.38. The number of nitrogens with zero attached hydrogens (tertiary/aromatic N) is 2. The molecule has 136 valence electrons. The van der Waals surface area contributed by atoms with Crippen LogP contribution in [0.2, 0.25) is 0 Å². The summed E-state index contributed by atoms with van der Waals surface area (Å²) >= 11 is 1.71. The van der Waals surface area contributed by atoms with Crippen LogP contribution in [-0.4, -0.2) is 29.8 Å². The van der Waals surface area contributed by atoms with E-state index in [9.17, 15) is 9.59 Å². The van der Waals surface area contributed by atoms with Gasteiger partial charge in [-0.15, -0.1) is 11.3 Å². The molecule has 26 heavy (non-hydrogen) atoms. The summed E-state index contributed by atoms with van der Waals surface area (Å²) in [5.41, 5.74) is 3.23. The monoisotopic (exact) mass is 368 g/mol. The number of carbonyl (C=O) groups is 2. The summed E-state index contributed by atoms with van der Waals surface area (Å²) in [5, 5.41) is 2.07. The highest BCUT2D eigenvalue weighted by Gasteiger charge is 2.41. The highest BCUT2D eigenvalue weighted by Crippen LogP contribution is 2.37. The summed E-state index contributed by atoms with van der Waals surface area (Å²) in [7, 11) is 0. The van der Waals surface area contributed by atoms with Crippen molar-refractivity contribution in [3.8, 4) is 0 Å². The Bertz CT molecular complexity index is 831. The van der Waals surface area contributed by atoms with Crippen LogP contribution >= 0.6 is 11.3 Å². The van der Waals surface area contributed by atoms with Crippen LogP contribution in [0.1, 0.15) is 41.3 Å². The van der Waals surface area contributed by atoms with Crippen LogP contribution < -0.4 is 4.90 Å². The Morgan fingerprint density at radius 3 is 2.81 bits per heavy atom. The van der Waals surface area contributed by atoms with E-state index in [-0.39, 0.29) is 23.8 Å². The third kappa shape index (κ3) is 2.94. The first-order chi connectivity index (χ1) is 12.6. The molecule has 1 aromatic heterocycles. The minimum atomic E-state index is -0.233. The van der Waals surface area contributed by atoms with E-state index < -0.39 is 0 Å². The zero-order valence-corrected chi connectivity index (χ0v) is 16.1. The molecule has 0 bridgehead atoms. The molecule has 2 amide bonds. The molecule has 2 fully saturated rings. The molecule has 0 N–H and O–H groups in total. The molecule has 2 saturated heterocycles. The van der Waals surface area contributed by atoms with Crippen molar-refractivity contribution >= 4 is 28.8 Å². The van der Waals surface area contributed by atoms with Crippen LogP contribution in [0.25, 0.3) is 0 Å². The molecule has 5 heteroatoms. The van der Waals surface area contributed by atoms with Crippen molar-refractivity contribution in [3.63, 3.8) is 0 Å². The second-order valence-corrected chi connectivity index (χ2v) is 8.31. The Hall–Kier alpha value is -2.14. The zero-order chi connectivity index (χ0) is 18.3. The Morgan fingerprint density at radius 1 is 1.19 bits per heavy atom. The maximum Gasteiger partial charge on any atom is 0.228 e. The number of rotatable bonds is 3. The first-order valence-corrected chi connectivity index (χ1v) is 10.1. The summed E-state index contributed by atoms with van der Waals surface area (Å²) in [6, 6.07) is 10.4. The van der Waals surface area contributed by atoms with E-state index in [0.29, 0.717) is 13.0 Å². The minimum absolute atomic E-state index is 0.0592. The van der Waals surface area contributed by atoms with E-state index >= 15 is 0 Å². The van der Waals surface area contributed by atoms with Gasteiger partial charge in [-0.25, -0.2) is 0 Å². The van der Waals surface area contributed by atoms with Crippen LogP contribution in [-0.2, 0) is 9.59 Å². The van der Waals surface area contributed by atoms with Crippen LogP contribution in [0.5, 0.6) is 0 Å². The number of hydrogen-bond acceptors (Lipinski definition) is 3. The van der Waals surface area contributed by atoms with Crippen LogP contribution in [0.15, 0.2) is 35.7 Å². The van der Waals surface area contributed by atoms with Crippen LogP contribution in [0.3, 0.4) is 0 Å². The van der Waals surface area contributed by atoms with Crippen LogP contribution in [0, 0.1) is 19.8 Å². The van der Waals surface area contributed by atoms with Gasteiger partial charge in [0.05, 0.1) is 12.0 Å². The van der Waals surface area contributed by atoms with E-state index in [1.807, 2.05) is 30.0 Å². The van der Waals surface area contributed by atoms with E-state index in [0.717, 1.165) is 30.6 Å². The first-order valence-electron chi connectivity index (χ1n) is 9.26. The van der Waals surface area contributed by atoms with Crippen molar-refractivity contribution in [1.82, 2.24) is 4.90 Å². The van der Waals surface area contributed by atoms with Gasteiger partial charge in [0.2, 0.25) is 11.8 Å². The predicted octanol–water partition coefficient (Wildman–Crippen LogP) is 4.08. The molecule has 4 nitrogen and oxygen atoms in total. The van der Waals surface area contributed by atoms with Gasteiger partial charge < -0.3 is 9.80 Å². The Labute approximate surface area is 158 Å². The van der Waals surface area contributed by atoms with Crippen LogP contribution in [0.4, 0.5) is 5.69 Å². The largest absolute Gasteiger partial charge is 0.335 e. The molecule has 3 heterocycles. The Kier molecular flexibility index (Phi) is 4.57. The van der Waals surface area contributed by atoms with Gasteiger partial charge in [-0.05, 0) is 55.3 Å². The summed E-state index contributed by atoms with van der Waals surface area (Å²) in [5.74, 6) is -0.0334. The molecule has 0 saturated carbocycles. The smallest absolute Gasteiger partial charge is 0.228 e. The maximum absolute atomic E-state index is 13.2. The number of carbonyl (C=O) groups excluding carboxylic acids is 2. The van der Waals surface area contributed by atoms with Crippen molar-refractivity contribution in [1.29, 1.82) is 0 Å². The van der Waals surface area contributed by atoms with E-state index in [1.54, 1.807) is 16.2 Å². The van der Waals surface area contributed by atoms with E-state index in [2.05, 4.69) is 24.4 Å². The fraction of sp³-hybridized carbons (Fsp3) is 0.429. The fourth-order valence-electron chi connectivity index (χ4n) is 4.18. The molecule has 0 spiro atoms. The molecule has 2 aliphatic rings. The van der Waals surface area contributed by atoms with Crippen molar-refractivity contribution in [3.05, 3.63) is 51.7 Å². The van der Waals surface area contributed by atoms with Crippen molar-refractivity contribution < 1.29 is 9.59 Å². The average Bonchev–Trinajstić information content (AvgIpc) is 3.36. The molecular weight excluding hydrogens is 344 g/mol. The third-order valence-electron chi connectivity index (χ3n) is 5.75. The Balaban J connectivity index is 1.53. The van der Waals surface area contributed by atoms with Crippen molar-refractivity contribution in [2.24, 2.45) is 5.92 Å². The molecule has 4 rings (SSSR count). The number of amides is 2. The van der Waals surface area contributed by atoms with Gasteiger partial charge in [-0.1, -0.05) is 18.2 Å². The molecule has 2 aliphatic heterocycles. The molecule has 1 aromatic carbocycles. The minimum Gasteiger partial charge on any atom is -0.335 e. The normalized spacial score (nSPS) is 23.1. The lowest BCUT2D eigenvalue weighted by Gasteiger charge is -2.27. The molecule has 0 radical (unpaired) electrons. The quantitative estimate of drug-likeness (QED) is 0.819. The van der Waals surface area contributed by atoms with Gasteiger partial charge in [0, 0.05) is 30.1 Å². The second kappa shape index (κ2) is 6.88. The van der Waals surface area contributed by atoms with Gasteiger partial charge in [-0.2, -0.15) is 0 Å². The van der Waals surface area contributed by atoms with Gasteiger partial charge in [0.25, 0.3) is 0 Å². The van der Waals surface area contributed by atoms with Gasteiger partial charge in [0.1, 0.15) is 0 Å². The summed E-state index contributed by atoms with van der Waals surface area (Å²) in [6.45, 7) is 5.39. The highest BCUT2D eigenvalue weighted by molar-refractivity contribution is 7.10. The van der Waals surface area contributed by atoms with Gasteiger partial charge in [-0.3, -0.25) is 9.59 Å².